The molecule has 2 aromatic carbocycles. The van der Waals surface area contributed by atoms with E-state index in [0.29, 0.717) is 46.8 Å². The summed E-state index contributed by atoms with van der Waals surface area (Å²) in [6.07, 6.45) is 1.76. The van der Waals surface area contributed by atoms with Gasteiger partial charge in [0, 0.05) is 29.9 Å². The zero-order chi connectivity index (χ0) is 24.1. The number of hydrogen-bond acceptors (Lipinski definition) is 8. The number of methoxy groups -OCH3 is 3. The van der Waals surface area contributed by atoms with Gasteiger partial charge in [-0.15, -0.1) is 0 Å². The molecule has 1 unspecified atom stereocenters. The third-order valence-corrected chi connectivity index (χ3v) is 5.70. The van der Waals surface area contributed by atoms with Crippen LogP contribution in [0.4, 0.5) is 10.1 Å². The van der Waals surface area contributed by atoms with Crippen molar-refractivity contribution in [1.29, 1.82) is 0 Å². The molecule has 34 heavy (non-hydrogen) atoms. The highest BCUT2D eigenvalue weighted by molar-refractivity contribution is 5.93. The first kappa shape index (κ1) is 23.5. The summed E-state index contributed by atoms with van der Waals surface area (Å²) < 4.78 is 35.0. The maximum Gasteiger partial charge on any atom is 0.238 e. The van der Waals surface area contributed by atoms with Crippen molar-refractivity contribution in [2.75, 3.05) is 46.3 Å². The van der Waals surface area contributed by atoms with E-state index >= 15 is 0 Å². The lowest BCUT2D eigenvalue weighted by Gasteiger charge is -2.30. The number of ether oxygens (including phenoxy) is 3. The largest absolute Gasteiger partial charge is 0.493 e. The Morgan fingerprint density at radius 2 is 1.94 bits per heavy atom. The second-order valence-electron chi connectivity index (χ2n) is 8.00. The Bertz CT molecular complexity index is 1130. The number of hydrogen-bond donors (Lipinski definition) is 1. The number of likely N-dealkylation sites (tertiary alicyclic amines) is 1. The number of benzene rings is 2. The van der Waals surface area contributed by atoms with Crippen molar-refractivity contribution in [2.24, 2.45) is 0 Å². The van der Waals surface area contributed by atoms with Crippen LogP contribution in [0.25, 0.3) is 11.4 Å². The number of aromatic nitrogens is 2. The van der Waals surface area contributed by atoms with E-state index in [4.69, 9.17) is 18.7 Å². The van der Waals surface area contributed by atoms with Gasteiger partial charge in [0.25, 0.3) is 0 Å². The highest BCUT2D eigenvalue weighted by Gasteiger charge is 2.27. The van der Waals surface area contributed by atoms with Crippen molar-refractivity contribution < 1.29 is 27.9 Å². The third-order valence-electron chi connectivity index (χ3n) is 5.70. The maximum absolute atomic E-state index is 13.5. The highest BCUT2D eigenvalue weighted by Crippen LogP contribution is 2.40. The van der Waals surface area contributed by atoms with Gasteiger partial charge in [0.15, 0.2) is 11.5 Å². The van der Waals surface area contributed by atoms with Crippen molar-refractivity contribution >= 4 is 11.6 Å². The molecule has 0 radical (unpaired) electrons. The number of piperidine rings is 1. The van der Waals surface area contributed by atoms with Crippen LogP contribution in [0.3, 0.4) is 0 Å². The minimum Gasteiger partial charge on any atom is -0.493 e. The first-order valence-electron chi connectivity index (χ1n) is 10.9. The molecule has 1 aliphatic heterocycles. The summed E-state index contributed by atoms with van der Waals surface area (Å²) >= 11 is 0. The average Bonchev–Trinajstić information content (AvgIpc) is 3.34. The van der Waals surface area contributed by atoms with Crippen molar-refractivity contribution in [3.63, 3.8) is 0 Å². The summed E-state index contributed by atoms with van der Waals surface area (Å²) in [5.41, 5.74) is 1.11. The fraction of sp³-hybridized carbons (Fsp3) is 0.375. The first-order chi connectivity index (χ1) is 16.5. The van der Waals surface area contributed by atoms with Gasteiger partial charge in [-0.3, -0.25) is 9.69 Å². The molecule has 1 fully saturated rings. The summed E-state index contributed by atoms with van der Waals surface area (Å²) in [6, 6.07) is 9.45. The first-order valence-corrected chi connectivity index (χ1v) is 10.9. The normalized spacial score (nSPS) is 16.2. The number of carbonyl (C=O) groups is 1. The second-order valence-corrected chi connectivity index (χ2v) is 8.00. The van der Waals surface area contributed by atoms with Gasteiger partial charge in [-0.05, 0) is 31.5 Å². The summed E-state index contributed by atoms with van der Waals surface area (Å²) in [5, 5.41) is 6.90. The lowest BCUT2D eigenvalue weighted by Crippen LogP contribution is -2.39. The van der Waals surface area contributed by atoms with Crippen LogP contribution < -0.4 is 19.5 Å². The van der Waals surface area contributed by atoms with E-state index in [2.05, 4.69) is 15.5 Å². The molecule has 1 saturated heterocycles. The topological polar surface area (TPSA) is 99.0 Å². The summed E-state index contributed by atoms with van der Waals surface area (Å²) in [4.78, 5) is 19.3. The molecule has 10 heteroatoms. The molecule has 0 bridgehead atoms. The number of halogens is 1. The Kier molecular flexibility index (Phi) is 7.27. The lowest BCUT2D eigenvalue weighted by atomic mass is 9.98. The van der Waals surface area contributed by atoms with E-state index in [1.54, 1.807) is 24.3 Å². The summed E-state index contributed by atoms with van der Waals surface area (Å²) in [6.45, 7) is 1.59. The van der Waals surface area contributed by atoms with Crippen molar-refractivity contribution in [2.45, 2.75) is 18.8 Å². The van der Waals surface area contributed by atoms with Gasteiger partial charge in [-0.1, -0.05) is 17.3 Å². The molecule has 0 aliphatic carbocycles. The number of nitrogens with zero attached hydrogens (tertiary/aromatic N) is 3. The zero-order valence-corrected chi connectivity index (χ0v) is 19.3. The number of rotatable bonds is 8. The van der Waals surface area contributed by atoms with Crippen LogP contribution in [0.5, 0.6) is 17.2 Å². The molecular formula is C24H27FN4O5. The van der Waals surface area contributed by atoms with Crippen LogP contribution in [0.15, 0.2) is 40.9 Å². The molecule has 4 rings (SSSR count). The second kappa shape index (κ2) is 10.5. The predicted molar refractivity (Wildman–Crippen MR) is 123 cm³/mol. The molecule has 1 N–H and O–H groups in total. The van der Waals surface area contributed by atoms with Gasteiger partial charge in [0.05, 0.1) is 33.8 Å². The Hall–Kier alpha value is -3.66. The van der Waals surface area contributed by atoms with Crippen LogP contribution in [-0.4, -0.2) is 61.9 Å². The standard InChI is InChI=1S/C24H27FN4O5/c1-31-19-11-18(12-20(32-2)22(19)33-3)26-21(30)14-29-9-5-7-16(13-29)24-27-23(28-34-24)15-6-4-8-17(25)10-15/h4,6,8,10-12,16H,5,7,9,13-14H2,1-3H3,(H,26,30). The molecule has 1 aromatic heterocycles. The van der Waals surface area contributed by atoms with Gasteiger partial charge in [-0.2, -0.15) is 4.98 Å². The Morgan fingerprint density at radius 3 is 2.62 bits per heavy atom. The molecule has 2 heterocycles. The lowest BCUT2D eigenvalue weighted by molar-refractivity contribution is -0.117. The monoisotopic (exact) mass is 470 g/mol. The highest BCUT2D eigenvalue weighted by atomic mass is 19.1. The SMILES string of the molecule is COc1cc(NC(=O)CN2CCCC(c3nc(-c4cccc(F)c4)no3)C2)cc(OC)c1OC. The van der Waals surface area contributed by atoms with E-state index in [-0.39, 0.29) is 24.2 Å². The van der Waals surface area contributed by atoms with Crippen LogP contribution in [0.2, 0.25) is 0 Å². The van der Waals surface area contributed by atoms with Gasteiger partial charge in [0.1, 0.15) is 5.82 Å². The number of anilines is 1. The Morgan fingerprint density at radius 1 is 1.18 bits per heavy atom. The van der Waals surface area contributed by atoms with Gasteiger partial charge in [-0.25, -0.2) is 4.39 Å². The van der Waals surface area contributed by atoms with Gasteiger partial charge >= 0.3 is 0 Å². The van der Waals surface area contributed by atoms with Gasteiger partial charge in [0.2, 0.25) is 23.4 Å². The minimum absolute atomic E-state index is 0.00228. The molecule has 1 atom stereocenters. The minimum atomic E-state index is -0.356. The molecule has 1 amide bonds. The van der Waals surface area contributed by atoms with E-state index in [0.717, 1.165) is 19.4 Å². The average molecular weight is 471 g/mol. The fourth-order valence-electron chi connectivity index (χ4n) is 4.10. The number of nitrogens with one attached hydrogen (secondary N) is 1. The molecular weight excluding hydrogens is 443 g/mol. The third kappa shape index (κ3) is 5.28. The Balaban J connectivity index is 1.39. The number of carbonyl (C=O) groups excluding carboxylic acids is 1. The smallest absolute Gasteiger partial charge is 0.238 e. The van der Waals surface area contributed by atoms with Crippen LogP contribution >= 0.6 is 0 Å². The molecule has 1 aliphatic rings. The van der Waals surface area contributed by atoms with Crippen LogP contribution in [0, 0.1) is 5.82 Å². The molecule has 0 saturated carbocycles. The van der Waals surface area contributed by atoms with E-state index in [1.165, 1.54) is 33.5 Å². The predicted octanol–water partition coefficient (Wildman–Crippen LogP) is 3.72. The molecule has 3 aromatic rings. The van der Waals surface area contributed by atoms with Crippen LogP contribution in [0.1, 0.15) is 24.7 Å². The quantitative estimate of drug-likeness (QED) is 0.532. The zero-order valence-electron chi connectivity index (χ0n) is 19.3. The summed E-state index contributed by atoms with van der Waals surface area (Å²) in [7, 11) is 4.57. The van der Waals surface area contributed by atoms with Gasteiger partial charge < -0.3 is 24.1 Å². The molecule has 180 valence electrons. The van der Waals surface area contributed by atoms with Crippen molar-refractivity contribution in [1.82, 2.24) is 15.0 Å². The van der Waals surface area contributed by atoms with E-state index in [9.17, 15) is 9.18 Å². The fourth-order valence-corrected chi connectivity index (χ4v) is 4.10. The molecule has 0 spiro atoms. The van der Waals surface area contributed by atoms with E-state index in [1.807, 2.05) is 4.90 Å². The van der Waals surface area contributed by atoms with Crippen molar-refractivity contribution in [3.8, 4) is 28.6 Å². The maximum atomic E-state index is 13.5. The van der Waals surface area contributed by atoms with Crippen LogP contribution in [-0.2, 0) is 4.79 Å². The van der Waals surface area contributed by atoms with E-state index < -0.39 is 0 Å². The summed E-state index contributed by atoms with van der Waals surface area (Å²) in [5.74, 6) is 1.70. The number of amides is 1. The molecule has 9 nitrogen and oxygen atoms in total. The Labute approximate surface area is 196 Å². The van der Waals surface area contributed by atoms with Crippen molar-refractivity contribution in [3.05, 3.63) is 48.1 Å².